The Hall–Kier alpha value is -1.63. The van der Waals surface area contributed by atoms with E-state index in [9.17, 15) is 4.39 Å². The monoisotopic (exact) mass is 280 g/mol. The van der Waals surface area contributed by atoms with Crippen LogP contribution in [-0.4, -0.2) is 4.98 Å². The van der Waals surface area contributed by atoms with Crippen molar-refractivity contribution in [2.24, 2.45) is 0 Å². The van der Waals surface area contributed by atoms with Gasteiger partial charge in [0.25, 0.3) is 0 Å². The van der Waals surface area contributed by atoms with Crippen LogP contribution >= 0.6 is 23.2 Å². The van der Waals surface area contributed by atoms with Crippen molar-refractivity contribution >= 4 is 23.2 Å². The summed E-state index contributed by atoms with van der Waals surface area (Å²) >= 11 is 11.9. The molecule has 0 aliphatic rings. The summed E-state index contributed by atoms with van der Waals surface area (Å²) in [5, 5.41) is 9.55. The van der Waals surface area contributed by atoms with Gasteiger partial charge in [-0.3, -0.25) is 0 Å². The van der Waals surface area contributed by atoms with Crippen LogP contribution in [-0.2, 0) is 6.42 Å². The second-order valence-electron chi connectivity index (χ2n) is 3.58. The highest BCUT2D eigenvalue weighted by Gasteiger charge is 2.09. The number of nitrogens with zero attached hydrogens (tertiary/aromatic N) is 2. The highest BCUT2D eigenvalue weighted by Crippen LogP contribution is 2.29. The van der Waals surface area contributed by atoms with Crippen molar-refractivity contribution in [2.45, 2.75) is 6.42 Å². The lowest BCUT2D eigenvalue weighted by molar-refractivity contribution is 0.606. The fraction of sp³-hybridized carbons (Fsp3) is 0.0769. The molecule has 0 radical (unpaired) electrons. The minimum atomic E-state index is -0.495. The van der Waals surface area contributed by atoms with Gasteiger partial charge in [-0.2, -0.15) is 5.26 Å². The highest BCUT2D eigenvalue weighted by molar-refractivity contribution is 6.36. The summed E-state index contributed by atoms with van der Waals surface area (Å²) in [6.45, 7) is 0. The van der Waals surface area contributed by atoms with Gasteiger partial charge in [-0.15, -0.1) is 0 Å². The largest absolute Gasteiger partial charge is 0.249 e. The fourth-order valence-corrected chi connectivity index (χ4v) is 2.04. The lowest BCUT2D eigenvalue weighted by atomic mass is 10.1. The molecule has 5 heteroatoms. The SMILES string of the molecule is N#CCc1nc(-c2ccc(Cl)cc2Cl)ccc1F. The van der Waals surface area contributed by atoms with Crippen LogP contribution < -0.4 is 0 Å². The Morgan fingerprint density at radius 2 is 2.00 bits per heavy atom. The van der Waals surface area contributed by atoms with Crippen LogP contribution in [0.25, 0.3) is 11.3 Å². The number of benzene rings is 1. The third-order valence-electron chi connectivity index (χ3n) is 2.37. The Morgan fingerprint density at radius 1 is 1.22 bits per heavy atom. The molecule has 2 rings (SSSR count). The smallest absolute Gasteiger partial charge is 0.145 e. The van der Waals surface area contributed by atoms with Gasteiger partial charge < -0.3 is 0 Å². The molecule has 1 aromatic carbocycles. The van der Waals surface area contributed by atoms with E-state index in [0.29, 0.717) is 21.3 Å². The first-order valence-electron chi connectivity index (χ1n) is 5.09. The van der Waals surface area contributed by atoms with Crippen LogP contribution in [0.4, 0.5) is 4.39 Å². The lowest BCUT2D eigenvalue weighted by Crippen LogP contribution is -1.96. The Morgan fingerprint density at radius 3 is 2.67 bits per heavy atom. The molecule has 0 amide bonds. The van der Waals surface area contributed by atoms with Crippen molar-refractivity contribution < 1.29 is 4.39 Å². The first kappa shape index (κ1) is 12.8. The Balaban J connectivity index is 2.51. The summed E-state index contributed by atoms with van der Waals surface area (Å²) in [7, 11) is 0. The van der Waals surface area contributed by atoms with Crippen LogP contribution in [0.1, 0.15) is 5.69 Å². The molecule has 2 nitrogen and oxygen atoms in total. The van der Waals surface area contributed by atoms with Crippen molar-refractivity contribution in [3.05, 3.63) is 51.9 Å². The van der Waals surface area contributed by atoms with Crippen LogP contribution in [0.3, 0.4) is 0 Å². The molecular weight excluding hydrogens is 274 g/mol. The number of halogens is 3. The van der Waals surface area contributed by atoms with Crippen LogP contribution in [0, 0.1) is 17.1 Å². The molecule has 0 saturated heterocycles. The van der Waals surface area contributed by atoms with Gasteiger partial charge >= 0.3 is 0 Å². The molecule has 18 heavy (non-hydrogen) atoms. The number of hydrogen-bond donors (Lipinski definition) is 0. The average molecular weight is 281 g/mol. The summed E-state index contributed by atoms with van der Waals surface area (Å²) in [4.78, 5) is 4.10. The second-order valence-corrected chi connectivity index (χ2v) is 4.43. The van der Waals surface area contributed by atoms with Crippen LogP contribution in [0.15, 0.2) is 30.3 Å². The first-order chi connectivity index (χ1) is 8.61. The van der Waals surface area contributed by atoms with E-state index < -0.39 is 5.82 Å². The molecule has 0 saturated carbocycles. The maximum absolute atomic E-state index is 13.4. The van der Waals surface area contributed by atoms with Crippen LogP contribution in [0.2, 0.25) is 10.0 Å². The van der Waals surface area contributed by atoms with Gasteiger partial charge in [0.15, 0.2) is 0 Å². The fourth-order valence-electron chi connectivity index (χ4n) is 1.53. The van der Waals surface area contributed by atoms with E-state index in [1.54, 1.807) is 18.2 Å². The van der Waals surface area contributed by atoms with E-state index in [-0.39, 0.29) is 12.1 Å². The third-order valence-corrected chi connectivity index (χ3v) is 2.92. The standard InChI is InChI=1S/C13H7Cl2FN2/c14-8-1-2-9(10(15)7-8)12-4-3-11(16)13(18-12)5-6-17/h1-4,7H,5H2. The molecule has 0 aliphatic carbocycles. The molecule has 0 spiro atoms. The average Bonchev–Trinajstić information content (AvgIpc) is 2.33. The molecule has 0 aliphatic heterocycles. The van der Waals surface area contributed by atoms with Crippen molar-refractivity contribution in [2.75, 3.05) is 0 Å². The number of nitriles is 1. The molecular formula is C13H7Cl2FN2. The molecule has 2 aromatic rings. The normalized spacial score (nSPS) is 10.1. The summed E-state index contributed by atoms with van der Waals surface area (Å²) in [5.74, 6) is -0.495. The maximum atomic E-state index is 13.4. The summed E-state index contributed by atoms with van der Waals surface area (Å²) < 4.78 is 13.4. The summed E-state index contributed by atoms with van der Waals surface area (Å²) in [6, 6.07) is 9.65. The number of pyridine rings is 1. The zero-order valence-electron chi connectivity index (χ0n) is 9.12. The lowest BCUT2D eigenvalue weighted by Gasteiger charge is -2.06. The van der Waals surface area contributed by atoms with Crippen molar-refractivity contribution in [3.8, 4) is 17.3 Å². The molecule has 0 fully saturated rings. The number of hydrogen-bond acceptors (Lipinski definition) is 2. The minimum absolute atomic E-state index is 0.0785. The quantitative estimate of drug-likeness (QED) is 0.824. The molecule has 1 aromatic heterocycles. The zero-order chi connectivity index (χ0) is 13.1. The van der Waals surface area contributed by atoms with E-state index in [0.717, 1.165) is 0 Å². The van der Waals surface area contributed by atoms with E-state index in [2.05, 4.69) is 4.98 Å². The number of aromatic nitrogens is 1. The third kappa shape index (κ3) is 2.61. The highest BCUT2D eigenvalue weighted by atomic mass is 35.5. The van der Waals surface area contributed by atoms with Crippen molar-refractivity contribution in [1.82, 2.24) is 4.98 Å². The molecule has 0 N–H and O–H groups in total. The van der Waals surface area contributed by atoms with Crippen molar-refractivity contribution in [3.63, 3.8) is 0 Å². The van der Waals surface area contributed by atoms with Gasteiger partial charge in [0, 0.05) is 10.6 Å². The summed E-state index contributed by atoms with van der Waals surface area (Å²) in [6.07, 6.45) is -0.0785. The zero-order valence-corrected chi connectivity index (χ0v) is 10.6. The van der Waals surface area contributed by atoms with E-state index in [4.69, 9.17) is 28.5 Å². The predicted molar refractivity (Wildman–Crippen MR) is 69.0 cm³/mol. The topological polar surface area (TPSA) is 36.7 Å². The predicted octanol–water partition coefficient (Wildman–Crippen LogP) is 4.26. The Kier molecular flexibility index (Phi) is 3.81. The van der Waals surface area contributed by atoms with Gasteiger partial charge in [0.05, 0.1) is 28.9 Å². The van der Waals surface area contributed by atoms with Gasteiger partial charge in [-0.25, -0.2) is 9.37 Å². The van der Waals surface area contributed by atoms with Crippen molar-refractivity contribution in [1.29, 1.82) is 5.26 Å². The van der Waals surface area contributed by atoms with E-state index >= 15 is 0 Å². The molecule has 0 atom stereocenters. The Labute approximate surface area is 114 Å². The first-order valence-corrected chi connectivity index (χ1v) is 5.85. The van der Waals surface area contributed by atoms with Gasteiger partial charge in [-0.1, -0.05) is 23.2 Å². The van der Waals surface area contributed by atoms with Gasteiger partial charge in [0.1, 0.15) is 5.82 Å². The van der Waals surface area contributed by atoms with Gasteiger partial charge in [-0.05, 0) is 30.3 Å². The molecule has 1 heterocycles. The van der Waals surface area contributed by atoms with Crippen LogP contribution in [0.5, 0.6) is 0 Å². The van der Waals surface area contributed by atoms with E-state index in [1.165, 1.54) is 12.1 Å². The minimum Gasteiger partial charge on any atom is -0.249 e. The van der Waals surface area contributed by atoms with Gasteiger partial charge in [0.2, 0.25) is 0 Å². The molecule has 0 unspecified atom stereocenters. The maximum Gasteiger partial charge on any atom is 0.145 e. The second kappa shape index (κ2) is 5.34. The number of rotatable bonds is 2. The molecule has 90 valence electrons. The Bertz CT molecular complexity index is 635. The molecule has 0 bridgehead atoms. The summed E-state index contributed by atoms with van der Waals surface area (Å²) in [5.41, 5.74) is 1.28. The van der Waals surface area contributed by atoms with E-state index in [1.807, 2.05) is 6.07 Å².